The molecule has 0 bridgehead atoms. The largest absolute Gasteiger partial charge is 0.123 e. The first-order chi connectivity index (χ1) is 2.77. The number of hydrogen-bond acceptors (Lipinski definition) is 0. The summed E-state index contributed by atoms with van der Waals surface area (Å²) in [6.45, 7) is 4.43. The third-order valence-corrected chi connectivity index (χ3v) is 1.08. The molecule has 0 amide bonds. The van der Waals surface area contributed by atoms with Gasteiger partial charge < -0.3 is 0 Å². The van der Waals surface area contributed by atoms with Crippen LogP contribution in [0.25, 0.3) is 0 Å². The van der Waals surface area contributed by atoms with E-state index in [-0.39, 0.29) is 0 Å². The predicted octanol–water partition coefficient (Wildman–Crippen LogP) is 1.76. The standard InChI is InChI=1S/C5H11.Al/c1-3-5-4-2;/h3H,4-5H2,1-2H3;. The summed E-state index contributed by atoms with van der Waals surface area (Å²) >= 11 is 2.78. The highest BCUT2D eigenvalue weighted by Crippen LogP contribution is 2.03. The zero-order valence-electron chi connectivity index (χ0n) is 4.57. The molecular weight excluding hydrogens is 87.0 g/mol. The van der Waals surface area contributed by atoms with Crippen LogP contribution in [0.4, 0.5) is 0 Å². The van der Waals surface area contributed by atoms with Crippen LogP contribution < -0.4 is 0 Å². The molecule has 0 aliphatic rings. The molecule has 0 nitrogen and oxygen atoms in total. The molecule has 1 unspecified atom stereocenters. The van der Waals surface area contributed by atoms with Crippen molar-refractivity contribution in [2.45, 2.75) is 31.5 Å². The first-order valence-electron chi connectivity index (χ1n) is 2.53. The van der Waals surface area contributed by atoms with Crippen LogP contribution in [-0.2, 0) is 0 Å². The Kier molecular flexibility index (Phi) is 4.04. The molecular formula is C5H11Al. The molecule has 0 heterocycles. The van der Waals surface area contributed by atoms with Gasteiger partial charge in [0.2, 0.25) is 0 Å². The van der Waals surface area contributed by atoms with Gasteiger partial charge in [-0.1, -0.05) is 26.7 Å². The lowest BCUT2D eigenvalue weighted by Gasteiger charge is -1.97. The first-order valence-corrected chi connectivity index (χ1v) is 3.19. The van der Waals surface area contributed by atoms with Gasteiger partial charge in [-0.25, -0.2) is 0 Å². The van der Waals surface area contributed by atoms with Gasteiger partial charge in [0.05, 0.1) is 0 Å². The van der Waals surface area contributed by atoms with Gasteiger partial charge in [-0.3, -0.25) is 0 Å². The molecule has 1 heteroatoms. The molecule has 0 aromatic heterocycles. The molecule has 0 spiro atoms. The van der Waals surface area contributed by atoms with E-state index >= 15 is 0 Å². The Labute approximate surface area is 48.4 Å². The van der Waals surface area contributed by atoms with Crippen LogP contribution in [0.1, 0.15) is 26.7 Å². The van der Waals surface area contributed by atoms with E-state index in [9.17, 15) is 0 Å². The second-order valence-electron chi connectivity index (χ2n) is 1.77. The van der Waals surface area contributed by atoms with Crippen LogP contribution >= 0.6 is 0 Å². The molecule has 34 valence electrons. The van der Waals surface area contributed by atoms with Crippen LogP contribution in [-0.4, -0.2) is 16.3 Å². The lowest BCUT2D eigenvalue weighted by molar-refractivity contribution is 0.769. The smallest absolute Gasteiger partial charge is 0.110 e. The molecule has 0 N–H and O–H groups in total. The molecule has 0 aliphatic carbocycles. The Bertz CT molecular complexity index is 25.1. The quantitative estimate of drug-likeness (QED) is 0.462. The van der Waals surface area contributed by atoms with Crippen molar-refractivity contribution in [3.8, 4) is 0 Å². The van der Waals surface area contributed by atoms with E-state index in [1.54, 1.807) is 0 Å². The summed E-state index contributed by atoms with van der Waals surface area (Å²) < 4.78 is 0.815. The molecule has 0 saturated heterocycles. The third kappa shape index (κ3) is 4.53. The predicted molar refractivity (Wildman–Crippen MR) is 30.1 cm³/mol. The van der Waals surface area contributed by atoms with E-state index < -0.39 is 0 Å². The zero-order chi connectivity index (χ0) is 4.99. The maximum atomic E-state index is 2.78. The molecule has 0 aliphatic heterocycles. The van der Waals surface area contributed by atoms with Gasteiger partial charge in [0, 0.05) is 0 Å². The highest BCUT2D eigenvalue weighted by atomic mass is 27.0. The van der Waals surface area contributed by atoms with Gasteiger partial charge in [-0.2, -0.15) is 0 Å². The summed E-state index contributed by atoms with van der Waals surface area (Å²) in [5.74, 6) is 0. The van der Waals surface area contributed by atoms with Crippen molar-refractivity contribution >= 4 is 16.3 Å². The Morgan fingerprint density at radius 1 is 1.67 bits per heavy atom. The van der Waals surface area contributed by atoms with Crippen LogP contribution in [0.15, 0.2) is 0 Å². The molecule has 0 aromatic rings. The van der Waals surface area contributed by atoms with Crippen molar-refractivity contribution in [1.29, 1.82) is 0 Å². The third-order valence-electron chi connectivity index (χ3n) is 0.744. The fraction of sp³-hybridized carbons (Fsp3) is 1.00. The highest BCUT2D eigenvalue weighted by molar-refractivity contribution is 6.11. The molecule has 0 rings (SSSR count). The van der Waals surface area contributed by atoms with Gasteiger partial charge in [-0.05, 0) is 0 Å². The van der Waals surface area contributed by atoms with Crippen molar-refractivity contribution in [2.75, 3.05) is 0 Å². The fourth-order valence-electron chi connectivity index (χ4n) is 0.455. The average molecular weight is 98.1 g/mol. The minimum atomic E-state index is 0.815. The molecule has 0 fully saturated rings. The second-order valence-corrected chi connectivity index (χ2v) is 2.90. The maximum absolute atomic E-state index is 2.78. The molecule has 0 saturated carbocycles. The average Bonchev–Trinajstić information content (AvgIpc) is 1.35. The molecule has 2 radical (unpaired) electrons. The van der Waals surface area contributed by atoms with Gasteiger partial charge in [0.1, 0.15) is 16.3 Å². The maximum Gasteiger partial charge on any atom is 0.123 e. The van der Waals surface area contributed by atoms with Crippen molar-refractivity contribution in [3.05, 3.63) is 0 Å². The van der Waals surface area contributed by atoms with E-state index in [2.05, 4.69) is 30.1 Å². The summed E-state index contributed by atoms with van der Waals surface area (Å²) in [6, 6.07) is 0. The van der Waals surface area contributed by atoms with Crippen LogP contribution in [0.2, 0.25) is 4.78 Å². The van der Waals surface area contributed by atoms with Crippen LogP contribution in [0.3, 0.4) is 0 Å². The number of hydrogen-bond donors (Lipinski definition) is 0. The van der Waals surface area contributed by atoms with Gasteiger partial charge >= 0.3 is 0 Å². The molecule has 0 aromatic carbocycles. The Hall–Kier alpha value is 0.532. The Balaban J connectivity index is 2.63. The van der Waals surface area contributed by atoms with E-state index in [4.69, 9.17) is 0 Å². The van der Waals surface area contributed by atoms with Gasteiger partial charge in [0.25, 0.3) is 0 Å². The van der Waals surface area contributed by atoms with Crippen LogP contribution in [0, 0.1) is 0 Å². The van der Waals surface area contributed by atoms with Gasteiger partial charge in [-0.15, -0.1) is 4.78 Å². The van der Waals surface area contributed by atoms with Crippen molar-refractivity contribution in [1.82, 2.24) is 0 Å². The van der Waals surface area contributed by atoms with Crippen molar-refractivity contribution in [2.24, 2.45) is 0 Å². The highest BCUT2D eigenvalue weighted by Gasteiger charge is 1.84. The summed E-state index contributed by atoms with van der Waals surface area (Å²) in [6.07, 6.45) is 2.65. The second kappa shape index (κ2) is 3.71. The lowest BCUT2D eigenvalue weighted by Crippen LogP contribution is -1.80. The Morgan fingerprint density at radius 3 is 2.17 bits per heavy atom. The first kappa shape index (κ1) is 6.53. The van der Waals surface area contributed by atoms with E-state index in [0.29, 0.717) is 0 Å². The topological polar surface area (TPSA) is 0 Å². The minimum Gasteiger partial charge on any atom is -0.110 e. The normalized spacial score (nSPS) is 14.3. The SMILES string of the molecule is CCC[CH](C)[Al]. The summed E-state index contributed by atoms with van der Waals surface area (Å²) in [4.78, 5) is 0. The lowest BCUT2D eigenvalue weighted by atomic mass is 10.3. The molecule has 6 heavy (non-hydrogen) atoms. The van der Waals surface area contributed by atoms with Crippen LogP contribution in [0.5, 0.6) is 0 Å². The van der Waals surface area contributed by atoms with E-state index in [1.165, 1.54) is 12.8 Å². The molecule has 1 atom stereocenters. The number of rotatable bonds is 2. The fourth-order valence-corrected chi connectivity index (χ4v) is 0.789. The monoisotopic (exact) mass is 98.1 g/mol. The summed E-state index contributed by atoms with van der Waals surface area (Å²) in [7, 11) is 0. The minimum absolute atomic E-state index is 0.815. The van der Waals surface area contributed by atoms with E-state index in [1.807, 2.05) is 0 Å². The Morgan fingerprint density at radius 2 is 2.17 bits per heavy atom. The summed E-state index contributed by atoms with van der Waals surface area (Å²) in [5.41, 5.74) is 0. The van der Waals surface area contributed by atoms with Crippen molar-refractivity contribution in [3.63, 3.8) is 0 Å². The zero-order valence-corrected chi connectivity index (χ0v) is 5.72. The van der Waals surface area contributed by atoms with Crippen molar-refractivity contribution < 1.29 is 0 Å². The van der Waals surface area contributed by atoms with Gasteiger partial charge in [0.15, 0.2) is 0 Å². The van der Waals surface area contributed by atoms with E-state index in [0.717, 1.165) is 4.78 Å². The summed E-state index contributed by atoms with van der Waals surface area (Å²) in [5, 5.41) is 0.